The molecule has 0 unspecified atom stereocenters. The van der Waals surface area contributed by atoms with E-state index in [1.54, 1.807) is 7.11 Å². The molecule has 0 aromatic heterocycles. The minimum Gasteiger partial charge on any atom is -0.495 e. The first-order valence-corrected chi connectivity index (χ1v) is 6.47. The molecule has 0 saturated carbocycles. The Hall–Kier alpha value is -1.22. The molecular formula is C14H22N2O. The molecule has 1 aromatic carbocycles. The van der Waals surface area contributed by atoms with Crippen LogP contribution in [0.5, 0.6) is 5.75 Å². The predicted octanol–water partition coefficient (Wildman–Crippen LogP) is 2.53. The molecule has 1 aromatic rings. The summed E-state index contributed by atoms with van der Waals surface area (Å²) in [7, 11) is 1.73. The van der Waals surface area contributed by atoms with E-state index in [1.165, 1.54) is 31.4 Å². The Bertz CT molecular complexity index is 357. The summed E-state index contributed by atoms with van der Waals surface area (Å²) in [6.45, 7) is 2.84. The highest BCUT2D eigenvalue weighted by Crippen LogP contribution is 2.30. The van der Waals surface area contributed by atoms with Gasteiger partial charge in [-0.1, -0.05) is 18.9 Å². The molecule has 0 bridgehead atoms. The smallest absolute Gasteiger partial charge is 0.142 e. The minimum absolute atomic E-state index is 0.566. The van der Waals surface area contributed by atoms with Gasteiger partial charge in [0.25, 0.3) is 0 Å². The quantitative estimate of drug-likeness (QED) is 0.873. The highest BCUT2D eigenvalue weighted by atomic mass is 16.5. The Morgan fingerprint density at radius 1 is 1.18 bits per heavy atom. The number of rotatable bonds is 3. The number of nitrogens with two attached hydrogens (primary N) is 1. The van der Waals surface area contributed by atoms with Gasteiger partial charge >= 0.3 is 0 Å². The second-order valence-corrected chi connectivity index (χ2v) is 4.61. The zero-order chi connectivity index (χ0) is 12.1. The van der Waals surface area contributed by atoms with Crippen molar-refractivity contribution in [2.75, 3.05) is 25.1 Å². The summed E-state index contributed by atoms with van der Waals surface area (Å²) in [6, 6.07) is 6.30. The van der Waals surface area contributed by atoms with Crippen LogP contribution in [0.25, 0.3) is 0 Å². The number of methoxy groups -OCH3 is 1. The summed E-state index contributed by atoms with van der Waals surface area (Å²) in [5.41, 5.74) is 8.00. The summed E-state index contributed by atoms with van der Waals surface area (Å²) in [5, 5.41) is 0. The van der Waals surface area contributed by atoms with Crippen LogP contribution >= 0.6 is 0 Å². The number of nitrogens with zero attached hydrogens (tertiary/aromatic N) is 1. The normalized spacial score (nSPS) is 16.7. The van der Waals surface area contributed by atoms with Crippen LogP contribution in [-0.4, -0.2) is 20.2 Å². The van der Waals surface area contributed by atoms with Gasteiger partial charge in [-0.2, -0.15) is 0 Å². The molecule has 2 rings (SSSR count). The maximum Gasteiger partial charge on any atom is 0.142 e. The summed E-state index contributed by atoms with van der Waals surface area (Å²) in [5.74, 6) is 0.954. The maximum absolute atomic E-state index is 5.66. The number of hydrogen-bond donors (Lipinski definition) is 1. The average Bonchev–Trinajstić information content (AvgIpc) is 2.66. The van der Waals surface area contributed by atoms with Crippen molar-refractivity contribution in [2.45, 2.75) is 32.2 Å². The second-order valence-electron chi connectivity index (χ2n) is 4.61. The van der Waals surface area contributed by atoms with Crippen LogP contribution in [0.15, 0.2) is 18.2 Å². The van der Waals surface area contributed by atoms with Gasteiger partial charge < -0.3 is 15.4 Å². The number of benzene rings is 1. The Morgan fingerprint density at radius 2 is 1.88 bits per heavy atom. The van der Waals surface area contributed by atoms with E-state index in [0.717, 1.165) is 24.4 Å². The molecule has 1 aliphatic heterocycles. The fourth-order valence-corrected chi connectivity index (χ4v) is 2.42. The minimum atomic E-state index is 0.566. The molecule has 0 atom stereocenters. The lowest BCUT2D eigenvalue weighted by atomic mass is 10.1. The van der Waals surface area contributed by atoms with Gasteiger partial charge in [-0.25, -0.2) is 0 Å². The van der Waals surface area contributed by atoms with Gasteiger partial charge in [-0.3, -0.25) is 0 Å². The van der Waals surface area contributed by atoms with Gasteiger partial charge in [0.05, 0.1) is 12.8 Å². The van der Waals surface area contributed by atoms with Crippen LogP contribution in [0, 0.1) is 0 Å². The second kappa shape index (κ2) is 5.92. The summed E-state index contributed by atoms with van der Waals surface area (Å²) >= 11 is 0. The molecule has 1 fully saturated rings. The molecule has 0 spiro atoms. The molecule has 0 aliphatic carbocycles. The van der Waals surface area contributed by atoms with Crippen LogP contribution < -0.4 is 15.4 Å². The van der Waals surface area contributed by atoms with Gasteiger partial charge in [-0.15, -0.1) is 0 Å². The van der Waals surface area contributed by atoms with E-state index in [9.17, 15) is 0 Å². The fraction of sp³-hybridized carbons (Fsp3) is 0.571. The van der Waals surface area contributed by atoms with Crippen molar-refractivity contribution in [1.29, 1.82) is 0 Å². The Balaban J connectivity index is 2.23. The lowest BCUT2D eigenvalue weighted by Crippen LogP contribution is -2.24. The van der Waals surface area contributed by atoms with Gasteiger partial charge in [0.15, 0.2) is 0 Å². The highest BCUT2D eigenvalue weighted by Gasteiger charge is 2.14. The molecular weight excluding hydrogens is 212 g/mol. The zero-order valence-corrected chi connectivity index (χ0v) is 10.6. The molecule has 3 nitrogen and oxygen atoms in total. The van der Waals surface area contributed by atoms with E-state index in [1.807, 2.05) is 0 Å². The third-order valence-electron chi connectivity index (χ3n) is 3.43. The van der Waals surface area contributed by atoms with Gasteiger partial charge in [0, 0.05) is 19.6 Å². The molecule has 1 heterocycles. The summed E-state index contributed by atoms with van der Waals surface area (Å²) in [4.78, 5) is 2.44. The van der Waals surface area contributed by atoms with Crippen LogP contribution in [0.1, 0.15) is 31.2 Å². The first kappa shape index (κ1) is 12.2. The first-order valence-electron chi connectivity index (χ1n) is 6.47. The largest absolute Gasteiger partial charge is 0.495 e. The van der Waals surface area contributed by atoms with Crippen molar-refractivity contribution in [2.24, 2.45) is 5.73 Å². The van der Waals surface area contributed by atoms with E-state index < -0.39 is 0 Å². The van der Waals surface area contributed by atoms with Crippen LogP contribution in [0.2, 0.25) is 0 Å². The molecule has 0 amide bonds. The Kier molecular flexibility index (Phi) is 4.26. The predicted molar refractivity (Wildman–Crippen MR) is 71.6 cm³/mol. The SMILES string of the molecule is COc1cc(CN)ccc1N1CCCCCC1. The van der Waals surface area contributed by atoms with E-state index >= 15 is 0 Å². The lowest BCUT2D eigenvalue weighted by Gasteiger charge is -2.25. The van der Waals surface area contributed by atoms with Crippen LogP contribution in [-0.2, 0) is 6.54 Å². The van der Waals surface area contributed by atoms with Gasteiger partial charge in [0.2, 0.25) is 0 Å². The fourth-order valence-electron chi connectivity index (χ4n) is 2.42. The third-order valence-corrected chi connectivity index (χ3v) is 3.43. The standard InChI is InChI=1S/C14H22N2O/c1-17-14-10-12(11-15)6-7-13(14)16-8-4-2-3-5-9-16/h6-7,10H,2-5,8-9,11,15H2,1H3. The first-order chi connectivity index (χ1) is 8.35. The number of hydrogen-bond acceptors (Lipinski definition) is 3. The van der Waals surface area contributed by atoms with Crippen molar-refractivity contribution < 1.29 is 4.74 Å². The average molecular weight is 234 g/mol. The topological polar surface area (TPSA) is 38.5 Å². The van der Waals surface area contributed by atoms with Crippen molar-refractivity contribution >= 4 is 5.69 Å². The van der Waals surface area contributed by atoms with E-state index in [4.69, 9.17) is 10.5 Å². The Labute approximate surface area is 104 Å². The molecule has 17 heavy (non-hydrogen) atoms. The monoisotopic (exact) mass is 234 g/mol. The summed E-state index contributed by atoms with van der Waals surface area (Å²) < 4.78 is 5.48. The maximum atomic E-state index is 5.66. The van der Waals surface area contributed by atoms with E-state index in [0.29, 0.717) is 6.54 Å². The molecule has 0 radical (unpaired) electrons. The van der Waals surface area contributed by atoms with Crippen molar-refractivity contribution in [3.05, 3.63) is 23.8 Å². The summed E-state index contributed by atoms with van der Waals surface area (Å²) in [6.07, 6.45) is 5.25. The lowest BCUT2D eigenvalue weighted by molar-refractivity contribution is 0.413. The van der Waals surface area contributed by atoms with E-state index in [-0.39, 0.29) is 0 Å². The zero-order valence-electron chi connectivity index (χ0n) is 10.6. The highest BCUT2D eigenvalue weighted by molar-refractivity contribution is 5.59. The third kappa shape index (κ3) is 2.91. The molecule has 3 heteroatoms. The number of ether oxygens (including phenoxy) is 1. The van der Waals surface area contributed by atoms with Crippen LogP contribution in [0.3, 0.4) is 0 Å². The molecule has 1 aliphatic rings. The van der Waals surface area contributed by atoms with Crippen molar-refractivity contribution in [1.82, 2.24) is 0 Å². The number of anilines is 1. The van der Waals surface area contributed by atoms with E-state index in [2.05, 4.69) is 23.1 Å². The molecule has 1 saturated heterocycles. The van der Waals surface area contributed by atoms with Crippen molar-refractivity contribution in [3.8, 4) is 5.75 Å². The molecule has 2 N–H and O–H groups in total. The van der Waals surface area contributed by atoms with Gasteiger partial charge in [0.1, 0.15) is 5.75 Å². The van der Waals surface area contributed by atoms with Gasteiger partial charge in [-0.05, 0) is 30.5 Å². The molecule has 94 valence electrons. The van der Waals surface area contributed by atoms with Crippen LogP contribution in [0.4, 0.5) is 5.69 Å². The Morgan fingerprint density at radius 3 is 2.47 bits per heavy atom. The van der Waals surface area contributed by atoms with Crippen molar-refractivity contribution in [3.63, 3.8) is 0 Å².